The second kappa shape index (κ2) is 9.02. The Morgan fingerprint density at radius 1 is 0.905 bits per heavy atom. The third kappa shape index (κ3) is 6.18. The van der Waals surface area contributed by atoms with E-state index in [1.165, 1.54) is 18.2 Å². The number of alkyl halides is 3. The number of halogens is 5. The van der Waals surface area contributed by atoms with Crippen molar-refractivity contribution in [2.75, 3.05) is 0 Å². The summed E-state index contributed by atoms with van der Waals surface area (Å²) in [6, 6.07) is 11.9. The van der Waals surface area contributed by atoms with Gasteiger partial charge < -0.3 is 5.11 Å². The molecular weight excluding hydrogens is 379 g/mol. The van der Waals surface area contributed by atoms with Crippen LogP contribution in [0.4, 0.5) is 13.2 Å². The van der Waals surface area contributed by atoms with Gasteiger partial charge >= 0.3 is 41.8 Å². The Balaban J connectivity index is 0.000000677. The molecular formula is C13H10Cl2F3OPTi. The van der Waals surface area contributed by atoms with Gasteiger partial charge in [0.2, 0.25) is 0 Å². The quantitative estimate of drug-likeness (QED) is 0.596. The van der Waals surface area contributed by atoms with Gasteiger partial charge in [0.1, 0.15) is 5.75 Å². The Kier molecular flexibility index (Phi) is 8.08. The Morgan fingerprint density at radius 2 is 1.38 bits per heavy atom. The first-order valence-electron chi connectivity index (χ1n) is 5.57. The molecule has 1 N–H and O–H groups in total. The summed E-state index contributed by atoms with van der Waals surface area (Å²) in [7, 11) is 9.56. The summed E-state index contributed by atoms with van der Waals surface area (Å²) >= 11 is -0.556. The minimum absolute atomic E-state index is 0.0211. The van der Waals surface area contributed by atoms with E-state index in [1.807, 2.05) is 0 Å². The van der Waals surface area contributed by atoms with E-state index in [4.69, 9.17) is 18.6 Å². The summed E-state index contributed by atoms with van der Waals surface area (Å²) in [5.41, 5.74) is -0.647. The molecule has 0 spiro atoms. The molecule has 1 unspecified atom stereocenters. The monoisotopic (exact) mass is 388 g/mol. The topological polar surface area (TPSA) is 20.2 Å². The summed E-state index contributed by atoms with van der Waals surface area (Å²) in [6.07, 6.45) is -4.37. The van der Waals surface area contributed by atoms with E-state index in [0.29, 0.717) is 5.30 Å². The maximum absolute atomic E-state index is 12.8. The molecule has 2 rings (SSSR count). The average molecular weight is 389 g/mol. The molecule has 1 nitrogen and oxygen atoms in total. The minimum atomic E-state index is -4.37. The van der Waals surface area contributed by atoms with Gasteiger partial charge in [0.15, 0.2) is 0 Å². The van der Waals surface area contributed by atoms with Crippen molar-refractivity contribution in [1.82, 2.24) is 0 Å². The molecule has 0 radical (unpaired) electrons. The molecule has 0 bridgehead atoms. The zero-order valence-corrected chi connectivity index (χ0v) is 14.5. The number of aromatic hydroxyl groups is 1. The number of benzene rings is 2. The van der Waals surface area contributed by atoms with Crippen molar-refractivity contribution in [3.05, 3.63) is 54.1 Å². The molecule has 2 aromatic rings. The van der Waals surface area contributed by atoms with Crippen LogP contribution in [0.1, 0.15) is 5.56 Å². The molecule has 8 heteroatoms. The van der Waals surface area contributed by atoms with Crippen molar-refractivity contribution in [3.8, 4) is 5.75 Å². The van der Waals surface area contributed by atoms with Gasteiger partial charge in [-0.25, -0.2) is 0 Å². The Morgan fingerprint density at radius 3 is 1.90 bits per heavy atom. The van der Waals surface area contributed by atoms with E-state index in [2.05, 4.69) is 0 Å². The Labute approximate surface area is 138 Å². The molecule has 0 aliphatic heterocycles. The Bertz CT molecular complexity index is 581. The summed E-state index contributed by atoms with van der Waals surface area (Å²) < 4.78 is 38.4. The molecule has 0 saturated carbocycles. The predicted octanol–water partition coefficient (Wildman–Crippen LogP) is 4.42. The first-order chi connectivity index (χ1) is 9.90. The number of phenols is 1. The van der Waals surface area contributed by atoms with Crippen molar-refractivity contribution in [1.29, 1.82) is 0 Å². The second-order valence-corrected chi connectivity index (χ2v) is 7.66. The molecule has 0 saturated heterocycles. The molecule has 2 aromatic carbocycles. The van der Waals surface area contributed by atoms with Crippen LogP contribution in [0.15, 0.2) is 48.5 Å². The van der Waals surface area contributed by atoms with Crippen LogP contribution in [0, 0.1) is 0 Å². The fourth-order valence-corrected chi connectivity index (χ4v) is 2.78. The van der Waals surface area contributed by atoms with E-state index in [9.17, 15) is 18.3 Å². The van der Waals surface area contributed by atoms with Crippen molar-refractivity contribution >= 4 is 37.8 Å². The van der Waals surface area contributed by atoms with Crippen LogP contribution in [-0.4, -0.2) is 5.11 Å². The van der Waals surface area contributed by atoms with E-state index >= 15 is 0 Å². The van der Waals surface area contributed by atoms with Gasteiger partial charge in [-0.1, -0.05) is 45.0 Å². The third-order valence-corrected chi connectivity index (χ3v) is 3.80. The van der Waals surface area contributed by atoms with Crippen LogP contribution in [0.2, 0.25) is 0 Å². The summed E-state index contributed by atoms with van der Waals surface area (Å²) in [5.74, 6) is 0.0211. The molecule has 1 atom stereocenters. The molecule has 0 fully saturated rings. The van der Waals surface area contributed by atoms with E-state index < -0.39 is 28.8 Å². The normalized spacial score (nSPS) is 11.1. The molecule has 21 heavy (non-hydrogen) atoms. The summed E-state index contributed by atoms with van der Waals surface area (Å²) in [5, 5.41) is 10.3. The van der Waals surface area contributed by atoms with Crippen molar-refractivity contribution in [3.63, 3.8) is 0 Å². The van der Waals surface area contributed by atoms with Crippen LogP contribution in [0.5, 0.6) is 5.75 Å². The van der Waals surface area contributed by atoms with Crippen LogP contribution in [-0.2, 0) is 23.2 Å². The van der Waals surface area contributed by atoms with Crippen molar-refractivity contribution in [2.45, 2.75) is 6.18 Å². The molecule has 112 valence electrons. The number of para-hydroxylation sites is 1. The zero-order valence-electron chi connectivity index (χ0n) is 10.5. The van der Waals surface area contributed by atoms with E-state index in [-0.39, 0.29) is 19.6 Å². The molecule has 0 heterocycles. The van der Waals surface area contributed by atoms with Gasteiger partial charge in [0.05, 0.1) is 5.56 Å². The first kappa shape index (κ1) is 18.8. The van der Waals surface area contributed by atoms with Gasteiger partial charge in [-0.2, -0.15) is 13.2 Å². The fraction of sp³-hybridized carbons (Fsp3) is 0.0769. The van der Waals surface area contributed by atoms with E-state index in [0.717, 1.165) is 6.07 Å². The van der Waals surface area contributed by atoms with Crippen LogP contribution >= 0.6 is 27.2 Å². The first-order valence-corrected chi connectivity index (χ1v) is 10.9. The molecule has 0 aliphatic rings. The van der Waals surface area contributed by atoms with Gasteiger partial charge in [0.25, 0.3) is 0 Å². The summed E-state index contributed by atoms with van der Waals surface area (Å²) in [4.78, 5) is 0. The number of rotatable bonds is 2. The predicted molar refractivity (Wildman–Crippen MR) is 78.8 cm³/mol. The number of hydrogen-bond donors (Lipinski definition) is 1. The second-order valence-electron chi connectivity index (χ2n) is 3.76. The molecule has 0 amide bonds. The number of hydrogen-bond acceptors (Lipinski definition) is 1. The molecule has 0 aliphatic carbocycles. The van der Waals surface area contributed by atoms with Crippen molar-refractivity contribution in [2.24, 2.45) is 0 Å². The fourth-order valence-electron chi connectivity index (χ4n) is 1.56. The number of phenolic OH excluding ortho intramolecular Hbond substituents is 1. The van der Waals surface area contributed by atoms with Crippen LogP contribution < -0.4 is 10.6 Å². The third-order valence-electron chi connectivity index (χ3n) is 2.41. The van der Waals surface area contributed by atoms with Crippen LogP contribution in [0.3, 0.4) is 0 Å². The van der Waals surface area contributed by atoms with Crippen molar-refractivity contribution < 1.29 is 35.3 Å². The Hall–Kier alpha value is -0.246. The summed E-state index contributed by atoms with van der Waals surface area (Å²) in [6.45, 7) is 0. The standard InChI is InChI=1S/C13H10F3OP.2ClH.Ti/c14-13(15,16)9-5-1-3-7-11(9)18-12-8-4-2-6-10(12)17;;;/h1-8,17-18H;2*1H;/q;;;+2/p-2. The average Bonchev–Trinajstić information content (AvgIpc) is 2.42. The molecule has 0 aromatic heterocycles. The van der Waals surface area contributed by atoms with Crippen LogP contribution in [0.25, 0.3) is 0 Å². The zero-order chi connectivity index (χ0) is 15.9. The SMILES string of the molecule is Oc1ccccc1Pc1ccccc1C(F)(F)F.[Cl][Ti][Cl]. The van der Waals surface area contributed by atoms with Gasteiger partial charge in [-0.3, -0.25) is 0 Å². The van der Waals surface area contributed by atoms with Gasteiger partial charge in [-0.05, 0) is 17.4 Å². The van der Waals surface area contributed by atoms with Gasteiger partial charge in [-0.15, -0.1) is 0 Å². The van der Waals surface area contributed by atoms with Gasteiger partial charge in [0, 0.05) is 5.30 Å². The van der Waals surface area contributed by atoms with E-state index in [1.54, 1.807) is 24.3 Å². The maximum atomic E-state index is 12.8.